The first kappa shape index (κ1) is 16.9. The van der Waals surface area contributed by atoms with E-state index in [0.29, 0.717) is 5.52 Å². The highest BCUT2D eigenvalue weighted by Crippen LogP contribution is 2.30. The molecule has 9 heteroatoms. The largest absolute Gasteiger partial charge is 0.494 e. The third-order valence-corrected chi connectivity index (χ3v) is 5.33. The lowest BCUT2D eigenvalue weighted by Crippen LogP contribution is -2.46. The lowest BCUT2D eigenvalue weighted by Gasteiger charge is -2.35. The SMILES string of the molecule is CCc1nsc(N2CCN(c3ncnc4cc(F)c(OC)cc34)CC2)n1. The predicted octanol–water partition coefficient (Wildman–Crippen LogP) is 2.52. The summed E-state index contributed by atoms with van der Waals surface area (Å²) in [5, 5.41) is 1.76. The molecule has 0 saturated carbocycles. The van der Waals surface area contributed by atoms with Gasteiger partial charge in [0.05, 0.1) is 12.6 Å². The molecule has 0 unspecified atom stereocenters. The van der Waals surface area contributed by atoms with E-state index in [0.717, 1.165) is 54.8 Å². The second kappa shape index (κ2) is 6.99. The Hall–Kier alpha value is -2.55. The van der Waals surface area contributed by atoms with Crippen LogP contribution in [0.1, 0.15) is 12.7 Å². The van der Waals surface area contributed by atoms with Crippen LogP contribution >= 0.6 is 11.5 Å². The topological polar surface area (TPSA) is 67.3 Å². The maximum Gasteiger partial charge on any atom is 0.205 e. The molecule has 0 spiro atoms. The van der Waals surface area contributed by atoms with Crippen molar-refractivity contribution in [2.45, 2.75) is 13.3 Å². The van der Waals surface area contributed by atoms with Gasteiger partial charge in [-0.25, -0.2) is 19.3 Å². The average molecular weight is 374 g/mol. The Morgan fingerprint density at radius 1 is 1.15 bits per heavy atom. The van der Waals surface area contributed by atoms with Gasteiger partial charge in [0.25, 0.3) is 0 Å². The molecule has 0 aliphatic carbocycles. The van der Waals surface area contributed by atoms with E-state index in [1.165, 1.54) is 31.0 Å². The molecule has 4 rings (SSSR count). The summed E-state index contributed by atoms with van der Waals surface area (Å²) in [6.45, 7) is 5.32. The van der Waals surface area contributed by atoms with Crippen molar-refractivity contribution in [2.24, 2.45) is 0 Å². The summed E-state index contributed by atoms with van der Waals surface area (Å²) < 4.78 is 23.4. The van der Waals surface area contributed by atoms with Gasteiger partial charge in [-0.05, 0) is 6.07 Å². The highest BCUT2D eigenvalue weighted by Gasteiger charge is 2.23. The third-order valence-electron chi connectivity index (χ3n) is 4.51. The minimum atomic E-state index is -0.419. The quantitative estimate of drug-likeness (QED) is 0.695. The molecule has 3 aromatic rings. The van der Waals surface area contributed by atoms with Gasteiger partial charge >= 0.3 is 0 Å². The second-order valence-electron chi connectivity index (χ2n) is 6.02. The molecule has 1 aliphatic heterocycles. The lowest BCUT2D eigenvalue weighted by molar-refractivity contribution is 0.387. The first-order valence-electron chi connectivity index (χ1n) is 8.50. The standard InChI is InChI=1S/C17H19FN6OS/c1-3-15-21-17(26-22-15)24-6-4-23(5-7-24)16-11-8-14(25-2)12(18)9-13(11)19-10-20-16/h8-10H,3-7H2,1-2H3. The van der Waals surface area contributed by atoms with Crippen LogP contribution in [0.25, 0.3) is 10.9 Å². The van der Waals surface area contributed by atoms with E-state index in [1.807, 2.05) is 0 Å². The van der Waals surface area contributed by atoms with E-state index in [1.54, 1.807) is 6.07 Å². The monoisotopic (exact) mass is 374 g/mol. The normalized spacial score (nSPS) is 14.9. The number of nitrogens with zero attached hydrogens (tertiary/aromatic N) is 6. The zero-order chi connectivity index (χ0) is 18.1. The number of aryl methyl sites for hydroxylation is 1. The van der Waals surface area contributed by atoms with Gasteiger partial charge in [0.15, 0.2) is 11.6 Å². The highest BCUT2D eigenvalue weighted by atomic mass is 32.1. The molecule has 0 amide bonds. The molecule has 1 saturated heterocycles. The summed E-state index contributed by atoms with van der Waals surface area (Å²) in [4.78, 5) is 17.6. The summed E-state index contributed by atoms with van der Waals surface area (Å²) >= 11 is 1.45. The van der Waals surface area contributed by atoms with E-state index in [9.17, 15) is 4.39 Å². The van der Waals surface area contributed by atoms with Crippen molar-refractivity contribution in [1.29, 1.82) is 0 Å². The molecule has 0 radical (unpaired) electrons. The molecule has 0 atom stereocenters. The predicted molar refractivity (Wildman–Crippen MR) is 99.8 cm³/mol. The van der Waals surface area contributed by atoms with Crippen LogP contribution in [0.15, 0.2) is 18.5 Å². The van der Waals surface area contributed by atoms with Crippen molar-refractivity contribution in [3.8, 4) is 5.75 Å². The zero-order valence-corrected chi connectivity index (χ0v) is 15.5. The minimum absolute atomic E-state index is 0.202. The maximum absolute atomic E-state index is 13.9. The summed E-state index contributed by atoms with van der Waals surface area (Å²) in [6, 6.07) is 3.06. The number of rotatable bonds is 4. The van der Waals surface area contributed by atoms with Crippen molar-refractivity contribution in [3.63, 3.8) is 0 Å². The number of methoxy groups -OCH3 is 1. The van der Waals surface area contributed by atoms with E-state index in [4.69, 9.17) is 4.74 Å². The average Bonchev–Trinajstić information content (AvgIpc) is 3.16. The number of fused-ring (bicyclic) bond motifs is 1. The van der Waals surface area contributed by atoms with Crippen LogP contribution in [0.3, 0.4) is 0 Å². The Kier molecular flexibility index (Phi) is 4.54. The number of anilines is 2. The molecule has 7 nitrogen and oxygen atoms in total. The third kappa shape index (κ3) is 3.03. The fourth-order valence-electron chi connectivity index (χ4n) is 3.08. The van der Waals surface area contributed by atoms with E-state index >= 15 is 0 Å². The van der Waals surface area contributed by atoms with Crippen LogP contribution in [0.2, 0.25) is 0 Å². The number of halogens is 1. The van der Waals surface area contributed by atoms with E-state index < -0.39 is 5.82 Å². The lowest BCUT2D eigenvalue weighted by atomic mass is 10.2. The Labute approximate surface area is 154 Å². The van der Waals surface area contributed by atoms with Crippen LogP contribution in [0, 0.1) is 5.82 Å². The molecule has 2 aromatic heterocycles. The number of ether oxygens (including phenoxy) is 1. The molecular formula is C17H19FN6OS. The van der Waals surface area contributed by atoms with Crippen molar-refractivity contribution in [2.75, 3.05) is 43.1 Å². The molecule has 1 aliphatic rings. The van der Waals surface area contributed by atoms with Crippen LogP contribution in [0.5, 0.6) is 5.75 Å². The van der Waals surface area contributed by atoms with Gasteiger partial charge in [-0.3, -0.25) is 0 Å². The zero-order valence-electron chi connectivity index (χ0n) is 14.6. The minimum Gasteiger partial charge on any atom is -0.494 e. The van der Waals surface area contributed by atoms with Gasteiger partial charge in [-0.15, -0.1) is 0 Å². The fourth-order valence-corrected chi connectivity index (χ4v) is 3.88. The van der Waals surface area contributed by atoms with Gasteiger partial charge in [0.2, 0.25) is 5.13 Å². The first-order valence-corrected chi connectivity index (χ1v) is 9.27. The summed E-state index contributed by atoms with van der Waals surface area (Å²) in [6.07, 6.45) is 2.33. The molecule has 1 fully saturated rings. The van der Waals surface area contributed by atoms with Gasteiger partial charge < -0.3 is 14.5 Å². The van der Waals surface area contributed by atoms with Gasteiger partial charge in [-0.1, -0.05) is 6.92 Å². The molecule has 0 N–H and O–H groups in total. The van der Waals surface area contributed by atoms with Crippen molar-refractivity contribution in [1.82, 2.24) is 19.3 Å². The molecule has 26 heavy (non-hydrogen) atoms. The second-order valence-corrected chi connectivity index (χ2v) is 6.75. The Morgan fingerprint density at radius 3 is 2.62 bits per heavy atom. The Balaban J connectivity index is 1.57. The molecule has 3 heterocycles. The number of aromatic nitrogens is 4. The summed E-state index contributed by atoms with van der Waals surface area (Å²) in [7, 11) is 1.46. The van der Waals surface area contributed by atoms with Crippen LogP contribution in [-0.2, 0) is 6.42 Å². The van der Waals surface area contributed by atoms with Crippen LogP contribution in [-0.4, -0.2) is 52.6 Å². The summed E-state index contributed by atoms with van der Waals surface area (Å²) in [5.41, 5.74) is 0.576. The van der Waals surface area contributed by atoms with Crippen molar-refractivity contribution in [3.05, 3.63) is 30.1 Å². The summed E-state index contributed by atoms with van der Waals surface area (Å²) in [5.74, 6) is 1.48. The van der Waals surface area contributed by atoms with Crippen LogP contribution < -0.4 is 14.5 Å². The van der Waals surface area contributed by atoms with Crippen molar-refractivity contribution >= 4 is 33.4 Å². The van der Waals surface area contributed by atoms with Gasteiger partial charge in [0.1, 0.15) is 18.0 Å². The number of benzene rings is 1. The smallest absolute Gasteiger partial charge is 0.205 e. The van der Waals surface area contributed by atoms with Gasteiger partial charge in [0, 0.05) is 55.6 Å². The number of hydrogen-bond acceptors (Lipinski definition) is 8. The Morgan fingerprint density at radius 2 is 1.92 bits per heavy atom. The first-order chi connectivity index (χ1) is 12.7. The molecule has 136 valence electrons. The fraction of sp³-hybridized carbons (Fsp3) is 0.412. The number of piperazine rings is 1. The molecule has 1 aromatic carbocycles. The van der Waals surface area contributed by atoms with Crippen LogP contribution in [0.4, 0.5) is 15.3 Å². The molecular weight excluding hydrogens is 355 g/mol. The van der Waals surface area contributed by atoms with E-state index in [2.05, 4.69) is 36.0 Å². The number of hydrogen-bond donors (Lipinski definition) is 0. The van der Waals surface area contributed by atoms with Gasteiger partial charge in [-0.2, -0.15) is 4.37 Å². The maximum atomic E-state index is 13.9. The van der Waals surface area contributed by atoms with Crippen molar-refractivity contribution < 1.29 is 9.13 Å². The van der Waals surface area contributed by atoms with E-state index in [-0.39, 0.29) is 5.75 Å². The highest BCUT2D eigenvalue weighted by molar-refractivity contribution is 7.09. The molecule has 0 bridgehead atoms. The Bertz CT molecular complexity index is 925.